The highest BCUT2D eigenvalue weighted by atomic mass is 32.1. The van der Waals surface area contributed by atoms with Crippen LogP contribution < -0.4 is 5.73 Å². The van der Waals surface area contributed by atoms with Gasteiger partial charge in [-0.3, -0.25) is 4.40 Å². The highest BCUT2D eigenvalue weighted by Crippen LogP contribution is 2.20. The summed E-state index contributed by atoms with van der Waals surface area (Å²) in [7, 11) is 0. The summed E-state index contributed by atoms with van der Waals surface area (Å²) < 4.78 is 1.82. The molecule has 0 atom stereocenters. The molecule has 6 nitrogen and oxygen atoms in total. The standard InChI is InChI=1S/C10H10N6S/c11-3-2-8-13-7(6-17-8)9-14-15-10-12-4-1-5-16(9)10/h1,4-6H,2-3,11H2. The van der Waals surface area contributed by atoms with Crippen LogP contribution in [0.2, 0.25) is 0 Å². The van der Waals surface area contributed by atoms with Crippen molar-refractivity contribution in [3.8, 4) is 11.5 Å². The molecule has 86 valence electrons. The minimum Gasteiger partial charge on any atom is -0.330 e. The Kier molecular flexibility index (Phi) is 2.54. The van der Waals surface area contributed by atoms with E-state index in [2.05, 4.69) is 20.2 Å². The summed E-state index contributed by atoms with van der Waals surface area (Å²) in [5.74, 6) is 1.29. The van der Waals surface area contributed by atoms with Crippen molar-refractivity contribution in [2.75, 3.05) is 6.54 Å². The Morgan fingerprint density at radius 2 is 2.29 bits per heavy atom. The molecule has 0 fully saturated rings. The average Bonchev–Trinajstić information content (AvgIpc) is 2.95. The molecule has 0 aliphatic rings. The van der Waals surface area contributed by atoms with Gasteiger partial charge in [-0.15, -0.1) is 21.5 Å². The molecule has 3 aromatic rings. The molecule has 0 saturated heterocycles. The van der Waals surface area contributed by atoms with Gasteiger partial charge in [0, 0.05) is 24.2 Å². The number of fused-ring (bicyclic) bond motifs is 1. The quantitative estimate of drug-likeness (QED) is 0.737. The molecule has 3 aromatic heterocycles. The zero-order valence-electron chi connectivity index (χ0n) is 8.95. The van der Waals surface area contributed by atoms with Gasteiger partial charge in [0.15, 0.2) is 5.82 Å². The van der Waals surface area contributed by atoms with Crippen molar-refractivity contribution in [3.05, 3.63) is 28.8 Å². The van der Waals surface area contributed by atoms with Crippen molar-refractivity contribution < 1.29 is 0 Å². The predicted molar refractivity (Wildman–Crippen MR) is 64.6 cm³/mol. The van der Waals surface area contributed by atoms with Crippen molar-refractivity contribution >= 4 is 17.1 Å². The molecule has 0 aromatic carbocycles. The first-order valence-electron chi connectivity index (χ1n) is 5.19. The van der Waals surface area contributed by atoms with E-state index < -0.39 is 0 Å². The molecule has 2 N–H and O–H groups in total. The first-order valence-corrected chi connectivity index (χ1v) is 6.07. The van der Waals surface area contributed by atoms with E-state index in [0.717, 1.165) is 17.1 Å². The van der Waals surface area contributed by atoms with Gasteiger partial charge in [-0.2, -0.15) is 0 Å². The van der Waals surface area contributed by atoms with Gasteiger partial charge in [-0.1, -0.05) is 0 Å². The predicted octanol–water partition coefficient (Wildman–Crippen LogP) is 0.749. The lowest BCUT2D eigenvalue weighted by Gasteiger charge is -1.94. The Labute approximate surface area is 101 Å². The third kappa shape index (κ3) is 1.79. The van der Waals surface area contributed by atoms with Crippen LogP contribution in [0.25, 0.3) is 17.3 Å². The largest absolute Gasteiger partial charge is 0.330 e. The third-order valence-corrected chi connectivity index (χ3v) is 3.24. The fourth-order valence-electron chi connectivity index (χ4n) is 1.57. The minimum atomic E-state index is 0.580. The lowest BCUT2D eigenvalue weighted by atomic mass is 10.4. The molecule has 3 heterocycles. The molecule has 0 unspecified atom stereocenters. The molecule has 0 aliphatic carbocycles. The van der Waals surface area contributed by atoms with Crippen LogP contribution in [0.15, 0.2) is 23.8 Å². The van der Waals surface area contributed by atoms with Crippen molar-refractivity contribution in [3.63, 3.8) is 0 Å². The second-order valence-corrected chi connectivity index (χ2v) is 4.42. The number of nitrogens with two attached hydrogens (primary N) is 1. The van der Waals surface area contributed by atoms with Crippen LogP contribution in [0.3, 0.4) is 0 Å². The van der Waals surface area contributed by atoms with E-state index in [0.29, 0.717) is 18.1 Å². The Hall–Kier alpha value is -1.86. The molecular weight excluding hydrogens is 236 g/mol. The second kappa shape index (κ2) is 4.19. The summed E-state index contributed by atoms with van der Waals surface area (Å²) in [6, 6.07) is 1.84. The normalized spacial score (nSPS) is 11.1. The van der Waals surface area contributed by atoms with E-state index in [4.69, 9.17) is 5.73 Å². The molecule has 0 radical (unpaired) electrons. The topological polar surface area (TPSA) is 82.0 Å². The lowest BCUT2D eigenvalue weighted by molar-refractivity contribution is 0.950. The van der Waals surface area contributed by atoms with E-state index in [1.165, 1.54) is 0 Å². The molecule has 17 heavy (non-hydrogen) atoms. The highest BCUT2D eigenvalue weighted by molar-refractivity contribution is 7.09. The maximum atomic E-state index is 5.50. The van der Waals surface area contributed by atoms with Crippen LogP contribution in [-0.4, -0.2) is 31.1 Å². The lowest BCUT2D eigenvalue weighted by Crippen LogP contribution is -2.02. The van der Waals surface area contributed by atoms with Gasteiger partial charge in [0.25, 0.3) is 5.78 Å². The molecule has 0 amide bonds. The molecule has 3 rings (SSSR count). The summed E-state index contributed by atoms with van der Waals surface area (Å²) in [4.78, 5) is 8.60. The van der Waals surface area contributed by atoms with Crippen LogP contribution >= 0.6 is 11.3 Å². The van der Waals surface area contributed by atoms with Gasteiger partial charge in [0.2, 0.25) is 0 Å². The molecule has 0 bridgehead atoms. The van der Waals surface area contributed by atoms with Gasteiger partial charge in [0.1, 0.15) is 5.69 Å². The number of nitrogens with zero attached hydrogens (tertiary/aromatic N) is 5. The minimum absolute atomic E-state index is 0.580. The second-order valence-electron chi connectivity index (χ2n) is 3.48. The van der Waals surface area contributed by atoms with Crippen molar-refractivity contribution in [2.45, 2.75) is 6.42 Å². The molecule has 0 saturated carbocycles. The maximum Gasteiger partial charge on any atom is 0.255 e. The summed E-state index contributed by atoms with van der Waals surface area (Å²) >= 11 is 1.59. The first-order chi connectivity index (χ1) is 8.38. The van der Waals surface area contributed by atoms with Crippen molar-refractivity contribution in [1.29, 1.82) is 0 Å². The Morgan fingerprint density at radius 1 is 1.35 bits per heavy atom. The van der Waals surface area contributed by atoms with Gasteiger partial charge in [-0.05, 0) is 12.6 Å². The molecule has 0 spiro atoms. The number of thiazole rings is 1. The van der Waals surface area contributed by atoms with E-state index in [-0.39, 0.29) is 0 Å². The van der Waals surface area contributed by atoms with E-state index in [1.807, 2.05) is 22.0 Å². The molecule has 0 aliphatic heterocycles. The summed E-state index contributed by atoms with van der Waals surface area (Å²) in [6.45, 7) is 0.606. The van der Waals surface area contributed by atoms with Crippen LogP contribution in [-0.2, 0) is 6.42 Å². The number of aromatic nitrogens is 5. The summed E-state index contributed by atoms with van der Waals surface area (Å²) in [6.07, 6.45) is 4.36. The van der Waals surface area contributed by atoms with Crippen LogP contribution in [0.5, 0.6) is 0 Å². The summed E-state index contributed by atoms with van der Waals surface area (Å²) in [5.41, 5.74) is 6.32. The third-order valence-electron chi connectivity index (χ3n) is 2.33. The van der Waals surface area contributed by atoms with Crippen LogP contribution in [0, 0.1) is 0 Å². The number of hydrogen-bond donors (Lipinski definition) is 1. The SMILES string of the molecule is NCCc1nc(-c2nnc3ncccn23)cs1. The Bertz CT molecular complexity index is 643. The Balaban J connectivity index is 2.07. The highest BCUT2D eigenvalue weighted by Gasteiger charge is 2.11. The van der Waals surface area contributed by atoms with E-state index in [9.17, 15) is 0 Å². The molecular formula is C10H10N6S. The fraction of sp³-hybridized carbons (Fsp3) is 0.200. The van der Waals surface area contributed by atoms with Gasteiger partial charge >= 0.3 is 0 Å². The zero-order valence-corrected chi connectivity index (χ0v) is 9.76. The molecule has 7 heteroatoms. The van der Waals surface area contributed by atoms with Gasteiger partial charge in [0.05, 0.1) is 5.01 Å². The first kappa shape index (κ1) is 10.3. The Morgan fingerprint density at radius 3 is 3.18 bits per heavy atom. The summed E-state index contributed by atoms with van der Waals surface area (Å²) in [5, 5.41) is 11.1. The van der Waals surface area contributed by atoms with Crippen LogP contribution in [0.1, 0.15) is 5.01 Å². The average molecular weight is 246 g/mol. The zero-order chi connectivity index (χ0) is 11.7. The fourth-order valence-corrected chi connectivity index (χ4v) is 2.36. The van der Waals surface area contributed by atoms with E-state index in [1.54, 1.807) is 17.5 Å². The van der Waals surface area contributed by atoms with Gasteiger partial charge in [-0.25, -0.2) is 9.97 Å². The van der Waals surface area contributed by atoms with Gasteiger partial charge < -0.3 is 5.73 Å². The van der Waals surface area contributed by atoms with E-state index >= 15 is 0 Å². The van der Waals surface area contributed by atoms with Crippen LogP contribution in [0.4, 0.5) is 0 Å². The monoisotopic (exact) mass is 246 g/mol. The van der Waals surface area contributed by atoms with Crippen molar-refractivity contribution in [2.24, 2.45) is 5.73 Å². The maximum absolute atomic E-state index is 5.50. The smallest absolute Gasteiger partial charge is 0.255 e. The number of hydrogen-bond acceptors (Lipinski definition) is 6. The van der Waals surface area contributed by atoms with Crippen molar-refractivity contribution in [1.82, 2.24) is 24.6 Å². The number of rotatable bonds is 3.